The molecule has 9 heteroatoms. The number of piperidine rings is 1. The Kier molecular flexibility index (Phi) is 7.87. The van der Waals surface area contributed by atoms with Gasteiger partial charge in [0, 0.05) is 18.0 Å². The Hall–Kier alpha value is -3.59. The number of aryl methyl sites for hydroxylation is 1. The number of ether oxygens (including phenoxy) is 3. The largest absolute Gasteiger partial charge is 0.493 e. The van der Waals surface area contributed by atoms with Gasteiger partial charge in [-0.3, -0.25) is 9.69 Å². The van der Waals surface area contributed by atoms with E-state index in [4.69, 9.17) is 18.7 Å². The predicted molar refractivity (Wildman–Crippen MR) is 130 cm³/mol. The molecule has 3 aromatic rings. The lowest BCUT2D eigenvalue weighted by molar-refractivity contribution is -0.126. The first-order valence-corrected chi connectivity index (χ1v) is 11.7. The molecule has 0 aliphatic carbocycles. The zero-order valence-corrected chi connectivity index (χ0v) is 20.7. The molecule has 9 nitrogen and oxygen atoms in total. The average molecular weight is 481 g/mol. The maximum Gasteiger partial charge on any atom is 0.241 e. The molecule has 0 saturated carbocycles. The number of amides is 1. The van der Waals surface area contributed by atoms with Crippen LogP contribution in [0, 0.1) is 12.8 Å². The number of nitrogens with one attached hydrogen (secondary N) is 1. The molecule has 35 heavy (non-hydrogen) atoms. The van der Waals surface area contributed by atoms with Crippen LogP contribution >= 0.6 is 0 Å². The van der Waals surface area contributed by atoms with Gasteiger partial charge in [0.2, 0.25) is 23.4 Å². The molecule has 4 rings (SSSR count). The van der Waals surface area contributed by atoms with Gasteiger partial charge in [0.1, 0.15) is 0 Å². The summed E-state index contributed by atoms with van der Waals surface area (Å²) in [5.74, 6) is 2.88. The lowest BCUT2D eigenvalue weighted by Gasteiger charge is -2.30. The minimum Gasteiger partial charge on any atom is -0.493 e. The zero-order valence-electron chi connectivity index (χ0n) is 20.7. The molecule has 0 unspecified atom stereocenters. The number of aromatic nitrogens is 2. The first-order chi connectivity index (χ1) is 17.0. The van der Waals surface area contributed by atoms with Crippen LogP contribution < -0.4 is 19.5 Å². The molecule has 1 fully saturated rings. The van der Waals surface area contributed by atoms with Crippen LogP contribution in [-0.4, -0.2) is 55.4 Å². The number of methoxy groups -OCH3 is 3. The standard InChI is InChI=1S/C26H32N4O5/c1-17-6-5-7-20(12-17)25-28-23(35-29-25)16-30-10-8-19(9-11-30)26(31)27-15-18-13-21(32-2)24(34-4)22(14-18)33-3/h5-7,12-14,19H,8-11,15-16H2,1-4H3,(H,27,31). The van der Waals surface area contributed by atoms with Crippen molar-refractivity contribution in [3.8, 4) is 28.6 Å². The van der Waals surface area contributed by atoms with Crippen LogP contribution in [0.15, 0.2) is 40.9 Å². The second-order valence-corrected chi connectivity index (χ2v) is 8.68. The van der Waals surface area contributed by atoms with Crippen molar-refractivity contribution in [2.24, 2.45) is 5.92 Å². The summed E-state index contributed by atoms with van der Waals surface area (Å²) in [4.78, 5) is 19.6. The van der Waals surface area contributed by atoms with Crippen molar-refractivity contribution in [2.45, 2.75) is 32.9 Å². The molecule has 1 saturated heterocycles. The molecule has 1 aromatic heterocycles. The van der Waals surface area contributed by atoms with Gasteiger partial charge in [0.25, 0.3) is 0 Å². The number of rotatable bonds is 9. The average Bonchev–Trinajstić information content (AvgIpc) is 3.35. The highest BCUT2D eigenvalue weighted by atomic mass is 16.5. The van der Waals surface area contributed by atoms with Crippen molar-refractivity contribution in [2.75, 3.05) is 34.4 Å². The van der Waals surface area contributed by atoms with E-state index in [1.54, 1.807) is 21.3 Å². The van der Waals surface area contributed by atoms with E-state index < -0.39 is 0 Å². The summed E-state index contributed by atoms with van der Waals surface area (Å²) in [6.07, 6.45) is 1.56. The van der Waals surface area contributed by atoms with E-state index in [1.165, 1.54) is 0 Å². The monoisotopic (exact) mass is 480 g/mol. The Morgan fingerprint density at radius 2 is 1.80 bits per heavy atom. The smallest absolute Gasteiger partial charge is 0.241 e. The van der Waals surface area contributed by atoms with Gasteiger partial charge in [-0.2, -0.15) is 4.98 Å². The third-order valence-corrected chi connectivity index (χ3v) is 6.25. The summed E-state index contributed by atoms with van der Waals surface area (Å²) in [7, 11) is 4.71. The quantitative estimate of drug-likeness (QED) is 0.496. The molecular weight excluding hydrogens is 448 g/mol. The number of hydrogen-bond acceptors (Lipinski definition) is 8. The van der Waals surface area contributed by atoms with E-state index in [9.17, 15) is 4.79 Å². The van der Waals surface area contributed by atoms with Crippen molar-refractivity contribution in [3.05, 3.63) is 53.4 Å². The maximum absolute atomic E-state index is 12.8. The highest BCUT2D eigenvalue weighted by Gasteiger charge is 2.26. The predicted octanol–water partition coefficient (Wildman–Crippen LogP) is 3.60. The highest BCUT2D eigenvalue weighted by Crippen LogP contribution is 2.38. The Morgan fingerprint density at radius 3 is 2.43 bits per heavy atom. The minimum atomic E-state index is -0.0289. The van der Waals surface area contributed by atoms with Crippen molar-refractivity contribution in [1.82, 2.24) is 20.4 Å². The molecule has 2 heterocycles. The molecule has 0 atom stereocenters. The molecule has 2 aromatic carbocycles. The summed E-state index contributed by atoms with van der Waals surface area (Å²) >= 11 is 0. The Balaban J connectivity index is 1.27. The second-order valence-electron chi connectivity index (χ2n) is 8.68. The van der Waals surface area contributed by atoms with Gasteiger partial charge in [-0.25, -0.2) is 0 Å². The Bertz CT molecular complexity index is 1130. The van der Waals surface area contributed by atoms with Crippen LogP contribution in [-0.2, 0) is 17.9 Å². The number of nitrogens with zero attached hydrogens (tertiary/aromatic N) is 3. The summed E-state index contributed by atoms with van der Waals surface area (Å²) in [5.41, 5.74) is 2.98. The van der Waals surface area contributed by atoms with Gasteiger partial charge in [-0.05, 0) is 56.6 Å². The minimum absolute atomic E-state index is 0.0289. The van der Waals surface area contributed by atoms with E-state index in [1.807, 2.05) is 43.3 Å². The van der Waals surface area contributed by atoms with Crippen molar-refractivity contribution in [3.63, 3.8) is 0 Å². The van der Waals surface area contributed by atoms with Crippen LogP contribution in [0.25, 0.3) is 11.4 Å². The molecule has 186 valence electrons. The van der Waals surface area contributed by atoms with Crippen LogP contribution in [0.2, 0.25) is 0 Å². The van der Waals surface area contributed by atoms with E-state index in [2.05, 4.69) is 20.4 Å². The number of likely N-dealkylation sites (tertiary alicyclic amines) is 1. The fourth-order valence-electron chi connectivity index (χ4n) is 4.34. The lowest BCUT2D eigenvalue weighted by Crippen LogP contribution is -2.40. The zero-order chi connectivity index (χ0) is 24.8. The van der Waals surface area contributed by atoms with Gasteiger partial charge in [0.05, 0.1) is 27.9 Å². The molecule has 0 bridgehead atoms. The van der Waals surface area contributed by atoms with Crippen LogP contribution in [0.4, 0.5) is 0 Å². The lowest BCUT2D eigenvalue weighted by atomic mass is 9.96. The fourth-order valence-corrected chi connectivity index (χ4v) is 4.34. The van der Waals surface area contributed by atoms with Gasteiger partial charge in [0.15, 0.2) is 11.5 Å². The molecular formula is C26H32N4O5. The van der Waals surface area contributed by atoms with Crippen molar-refractivity contribution in [1.29, 1.82) is 0 Å². The maximum atomic E-state index is 12.8. The number of benzene rings is 2. The number of carbonyl (C=O) groups is 1. The summed E-state index contributed by atoms with van der Waals surface area (Å²) in [6, 6.07) is 11.7. The van der Waals surface area contributed by atoms with Crippen molar-refractivity contribution >= 4 is 5.91 Å². The fraction of sp³-hybridized carbons (Fsp3) is 0.423. The SMILES string of the molecule is COc1cc(CNC(=O)C2CCN(Cc3nc(-c4cccc(C)c4)no3)CC2)cc(OC)c1OC. The number of hydrogen-bond donors (Lipinski definition) is 1. The molecule has 1 amide bonds. The molecule has 1 aliphatic rings. The summed E-state index contributed by atoms with van der Waals surface area (Å²) in [5, 5.41) is 7.17. The van der Waals surface area contributed by atoms with Crippen molar-refractivity contribution < 1.29 is 23.5 Å². The van der Waals surface area contributed by atoms with E-state index in [0.29, 0.717) is 42.1 Å². The molecule has 0 radical (unpaired) electrons. The topological polar surface area (TPSA) is 99.0 Å². The van der Waals surface area contributed by atoms with Gasteiger partial charge < -0.3 is 24.1 Å². The van der Waals surface area contributed by atoms with Crippen LogP contribution in [0.5, 0.6) is 17.2 Å². The third kappa shape index (κ3) is 5.92. The second kappa shape index (κ2) is 11.2. The summed E-state index contributed by atoms with van der Waals surface area (Å²) < 4.78 is 21.6. The van der Waals surface area contributed by atoms with Crippen LogP contribution in [0.1, 0.15) is 29.9 Å². The highest BCUT2D eigenvalue weighted by molar-refractivity contribution is 5.78. The summed E-state index contributed by atoms with van der Waals surface area (Å²) in [6.45, 7) is 4.60. The molecule has 1 aliphatic heterocycles. The number of carbonyl (C=O) groups excluding carboxylic acids is 1. The first-order valence-electron chi connectivity index (χ1n) is 11.7. The van der Waals surface area contributed by atoms with Crippen LogP contribution in [0.3, 0.4) is 0 Å². The van der Waals surface area contributed by atoms with E-state index >= 15 is 0 Å². The van der Waals surface area contributed by atoms with Gasteiger partial charge in [-0.15, -0.1) is 0 Å². The molecule has 0 spiro atoms. The Labute approximate surface area is 205 Å². The first kappa shape index (κ1) is 24.5. The van der Waals surface area contributed by atoms with Gasteiger partial charge >= 0.3 is 0 Å². The van der Waals surface area contributed by atoms with Gasteiger partial charge in [-0.1, -0.05) is 28.9 Å². The normalized spacial score (nSPS) is 14.5. The van der Waals surface area contributed by atoms with E-state index in [0.717, 1.165) is 42.6 Å². The van der Waals surface area contributed by atoms with E-state index in [-0.39, 0.29) is 11.8 Å². The Morgan fingerprint density at radius 1 is 1.09 bits per heavy atom. The third-order valence-electron chi connectivity index (χ3n) is 6.25. The molecule has 1 N–H and O–H groups in total.